The molecule has 0 radical (unpaired) electrons. The first-order valence-corrected chi connectivity index (χ1v) is 10.5. The van der Waals surface area contributed by atoms with Gasteiger partial charge in [0, 0.05) is 44.0 Å². The molecule has 2 fully saturated rings. The van der Waals surface area contributed by atoms with Gasteiger partial charge in [-0.25, -0.2) is 14.2 Å². The van der Waals surface area contributed by atoms with E-state index in [9.17, 15) is 0 Å². The Labute approximate surface area is 173 Å². The minimum atomic E-state index is 0.435. The summed E-state index contributed by atoms with van der Waals surface area (Å²) in [7, 11) is 1.90. The molecule has 6 rings (SSSR count). The minimum absolute atomic E-state index is 0.435. The summed E-state index contributed by atoms with van der Waals surface area (Å²) in [4.78, 5) is 7.13. The predicted molar refractivity (Wildman–Crippen MR) is 113 cm³/mol. The molecule has 1 aliphatic heterocycles. The lowest BCUT2D eigenvalue weighted by atomic mass is 9.85. The highest BCUT2D eigenvalue weighted by molar-refractivity contribution is 5.87. The van der Waals surface area contributed by atoms with Gasteiger partial charge in [-0.15, -0.1) is 10.2 Å². The second-order valence-corrected chi connectivity index (χ2v) is 8.17. The molecule has 0 unspecified atom stereocenters. The highest BCUT2D eigenvalue weighted by Crippen LogP contribution is 2.30. The number of benzene rings is 1. The third kappa shape index (κ3) is 3.01. The molecule has 2 aliphatic rings. The van der Waals surface area contributed by atoms with E-state index in [-0.39, 0.29) is 0 Å². The number of nitrogens with one attached hydrogen (secondary N) is 1. The standard InChI is InChI=1S/C21H24N8O/c1-27-19-10-14(2-3-18(19)24-26-27)17-4-5-29-20(17)13-22-21(25-29)23-15-11-16(12-15)28-6-8-30-9-7-28/h2-5,10,13,15-16H,6-9,11-12H2,1H3,(H,23,25)/t15-,16+. The van der Waals surface area contributed by atoms with Gasteiger partial charge in [0.15, 0.2) is 0 Å². The second kappa shape index (κ2) is 7.03. The Morgan fingerprint density at radius 2 is 1.97 bits per heavy atom. The van der Waals surface area contributed by atoms with Crippen LogP contribution < -0.4 is 5.32 Å². The van der Waals surface area contributed by atoms with Crippen molar-refractivity contribution in [1.82, 2.24) is 34.5 Å². The fraction of sp³-hybridized carbons (Fsp3) is 0.429. The molecule has 1 aliphatic carbocycles. The Balaban J connectivity index is 1.19. The van der Waals surface area contributed by atoms with Crippen molar-refractivity contribution in [2.24, 2.45) is 7.05 Å². The molecule has 1 saturated carbocycles. The molecular weight excluding hydrogens is 380 g/mol. The number of fused-ring (bicyclic) bond motifs is 2. The maximum Gasteiger partial charge on any atom is 0.241 e. The zero-order valence-corrected chi connectivity index (χ0v) is 16.9. The molecule has 9 nitrogen and oxygen atoms in total. The van der Waals surface area contributed by atoms with Crippen LogP contribution in [0.3, 0.4) is 0 Å². The van der Waals surface area contributed by atoms with Crippen LogP contribution >= 0.6 is 0 Å². The summed E-state index contributed by atoms with van der Waals surface area (Å²) in [6.07, 6.45) is 6.16. The number of aromatic nitrogens is 6. The summed E-state index contributed by atoms with van der Waals surface area (Å²) < 4.78 is 9.14. The van der Waals surface area contributed by atoms with Gasteiger partial charge in [0.25, 0.3) is 0 Å². The van der Waals surface area contributed by atoms with E-state index in [1.807, 2.05) is 30.0 Å². The van der Waals surface area contributed by atoms with Gasteiger partial charge in [-0.1, -0.05) is 11.3 Å². The van der Waals surface area contributed by atoms with Gasteiger partial charge in [-0.2, -0.15) is 0 Å². The molecule has 0 atom stereocenters. The Hall–Kier alpha value is -3.04. The van der Waals surface area contributed by atoms with Crippen LogP contribution in [0.2, 0.25) is 0 Å². The average Bonchev–Trinajstić information content (AvgIpc) is 3.34. The maximum absolute atomic E-state index is 5.45. The maximum atomic E-state index is 5.45. The molecule has 1 N–H and O–H groups in total. The van der Waals surface area contributed by atoms with Gasteiger partial charge in [0.05, 0.1) is 30.4 Å². The van der Waals surface area contributed by atoms with Crippen LogP contribution in [0.4, 0.5) is 5.95 Å². The third-order valence-corrected chi connectivity index (χ3v) is 6.35. The molecule has 4 aromatic rings. The third-order valence-electron chi connectivity index (χ3n) is 6.35. The predicted octanol–water partition coefficient (Wildman–Crippen LogP) is 1.95. The molecule has 0 amide bonds. The van der Waals surface area contributed by atoms with Crippen LogP contribution in [-0.4, -0.2) is 72.9 Å². The van der Waals surface area contributed by atoms with Crippen molar-refractivity contribution in [3.05, 3.63) is 36.7 Å². The molecule has 1 aromatic carbocycles. The van der Waals surface area contributed by atoms with Gasteiger partial charge in [0.1, 0.15) is 5.52 Å². The van der Waals surface area contributed by atoms with E-state index in [1.165, 1.54) is 0 Å². The van der Waals surface area contributed by atoms with Crippen molar-refractivity contribution < 1.29 is 4.74 Å². The zero-order valence-electron chi connectivity index (χ0n) is 16.9. The van der Waals surface area contributed by atoms with Crippen LogP contribution in [0.5, 0.6) is 0 Å². The van der Waals surface area contributed by atoms with Gasteiger partial charge < -0.3 is 10.1 Å². The smallest absolute Gasteiger partial charge is 0.241 e. The van der Waals surface area contributed by atoms with Crippen molar-refractivity contribution >= 4 is 22.5 Å². The van der Waals surface area contributed by atoms with E-state index in [0.717, 1.165) is 66.8 Å². The molecule has 30 heavy (non-hydrogen) atoms. The van der Waals surface area contributed by atoms with Crippen molar-refractivity contribution in [3.8, 4) is 11.1 Å². The van der Waals surface area contributed by atoms with Crippen LogP contribution in [0, 0.1) is 0 Å². The largest absolute Gasteiger partial charge is 0.379 e. The van der Waals surface area contributed by atoms with Gasteiger partial charge in [-0.3, -0.25) is 4.90 Å². The average molecular weight is 404 g/mol. The summed E-state index contributed by atoms with van der Waals surface area (Å²) in [5.41, 5.74) is 5.08. The highest BCUT2D eigenvalue weighted by Gasteiger charge is 2.34. The monoisotopic (exact) mass is 404 g/mol. The summed E-state index contributed by atoms with van der Waals surface area (Å²) in [6, 6.07) is 9.35. The molecule has 154 valence electrons. The lowest BCUT2D eigenvalue weighted by molar-refractivity contribution is -0.00443. The fourth-order valence-electron chi connectivity index (χ4n) is 4.54. The summed E-state index contributed by atoms with van der Waals surface area (Å²) >= 11 is 0. The molecular formula is C21H24N8O. The van der Waals surface area contributed by atoms with Crippen molar-refractivity contribution in [2.75, 3.05) is 31.6 Å². The number of anilines is 1. The summed E-state index contributed by atoms with van der Waals surface area (Å²) in [5.74, 6) is 0.682. The second-order valence-electron chi connectivity index (χ2n) is 8.17. The summed E-state index contributed by atoms with van der Waals surface area (Å²) in [5, 5.41) is 16.4. The van der Waals surface area contributed by atoms with Gasteiger partial charge >= 0.3 is 0 Å². The van der Waals surface area contributed by atoms with E-state index in [1.54, 1.807) is 4.68 Å². The van der Waals surface area contributed by atoms with Gasteiger partial charge in [0.2, 0.25) is 5.95 Å². The first-order chi connectivity index (χ1) is 14.7. The summed E-state index contributed by atoms with van der Waals surface area (Å²) in [6.45, 7) is 3.81. The van der Waals surface area contributed by atoms with E-state index in [2.05, 4.69) is 48.8 Å². The Morgan fingerprint density at radius 3 is 2.83 bits per heavy atom. The number of aryl methyl sites for hydroxylation is 1. The quantitative estimate of drug-likeness (QED) is 0.556. The fourth-order valence-corrected chi connectivity index (χ4v) is 4.54. The van der Waals surface area contributed by atoms with Gasteiger partial charge in [-0.05, 0) is 36.6 Å². The van der Waals surface area contributed by atoms with Crippen LogP contribution in [0.15, 0.2) is 36.7 Å². The van der Waals surface area contributed by atoms with E-state index < -0.39 is 0 Å². The zero-order chi connectivity index (χ0) is 20.1. The van der Waals surface area contributed by atoms with Crippen LogP contribution in [-0.2, 0) is 11.8 Å². The number of ether oxygens (including phenoxy) is 1. The van der Waals surface area contributed by atoms with E-state index in [4.69, 9.17) is 4.74 Å². The highest BCUT2D eigenvalue weighted by atomic mass is 16.5. The normalized spacial score (nSPS) is 22.4. The number of rotatable bonds is 4. The van der Waals surface area contributed by atoms with E-state index >= 15 is 0 Å². The van der Waals surface area contributed by atoms with E-state index in [0.29, 0.717) is 18.0 Å². The first-order valence-electron chi connectivity index (χ1n) is 10.5. The SMILES string of the molecule is Cn1nnc2ccc(-c3ccn4nc(N[C@H]5C[C@@H](N6CCOCC6)C5)ncc34)cc21. The molecule has 0 bridgehead atoms. The topological polar surface area (TPSA) is 85.4 Å². The van der Waals surface area contributed by atoms with Crippen LogP contribution in [0.25, 0.3) is 27.7 Å². The van der Waals surface area contributed by atoms with Crippen molar-refractivity contribution in [2.45, 2.75) is 24.9 Å². The van der Waals surface area contributed by atoms with Crippen LogP contribution in [0.1, 0.15) is 12.8 Å². The molecule has 9 heteroatoms. The molecule has 4 heterocycles. The Kier molecular flexibility index (Phi) is 4.17. The Bertz CT molecular complexity index is 1200. The van der Waals surface area contributed by atoms with Crippen molar-refractivity contribution in [1.29, 1.82) is 0 Å². The minimum Gasteiger partial charge on any atom is -0.379 e. The number of hydrogen-bond donors (Lipinski definition) is 1. The molecule has 1 saturated heterocycles. The molecule has 3 aromatic heterocycles. The number of hydrogen-bond acceptors (Lipinski definition) is 7. The number of nitrogens with zero attached hydrogens (tertiary/aromatic N) is 7. The lowest BCUT2D eigenvalue weighted by Crippen LogP contribution is -2.53. The van der Waals surface area contributed by atoms with Crippen molar-refractivity contribution in [3.63, 3.8) is 0 Å². The lowest BCUT2D eigenvalue weighted by Gasteiger charge is -2.44. The number of morpholine rings is 1. The molecule has 0 spiro atoms. The first kappa shape index (κ1) is 17.8. The Morgan fingerprint density at radius 1 is 1.10 bits per heavy atom.